The zero-order chi connectivity index (χ0) is 24.5. The average molecular weight is 508 g/mol. The molecular formula is C27H23Cl2N3O3. The maximum absolute atomic E-state index is 14.0. The van der Waals surface area contributed by atoms with Gasteiger partial charge in [-0.2, -0.15) is 0 Å². The van der Waals surface area contributed by atoms with Gasteiger partial charge in [-0.15, -0.1) is 0 Å². The first-order chi connectivity index (χ1) is 17.0. The fourth-order valence-corrected chi connectivity index (χ4v) is 5.18. The van der Waals surface area contributed by atoms with E-state index < -0.39 is 17.9 Å². The zero-order valence-corrected chi connectivity index (χ0v) is 20.5. The van der Waals surface area contributed by atoms with Gasteiger partial charge >= 0.3 is 5.97 Å². The van der Waals surface area contributed by atoms with Gasteiger partial charge < -0.3 is 9.30 Å². The molecule has 178 valence electrons. The van der Waals surface area contributed by atoms with Crippen LogP contribution in [-0.4, -0.2) is 34.6 Å². The van der Waals surface area contributed by atoms with Crippen molar-refractivity contribution in [2.45, 2.75) is 19.4 Å². The number of halogens is 2. The molecule has 0 spiro atoms. The number of ether oxygens (including phenoxy) is 1. The molecule has 4 aromatic rings. The number of fused-ring (bicyclic) bond motifs is 3. The molecule has 1 amide bonds. The summed E-state index contributed by atoms with van der Waals surface area (Å²) in [4.78, 5) is 33.7. The van der Waals surface area contributed by atoms with E-state index in [9.17, 15) is 9.59 Å². The Morgan fingerprint density at radius 3 is 2.51 bits per heavy atom. The van der Waals surface area contributed by atoms with Gasteiger partial charge in [-0.05, 0) is 48.7 Å². The number of aromatic nitrogens is 2. The lowest BCUT2D eigenvalue weighted by Crippen LogP contribution is -2.50. The zero-order valence-electron chi connectivity index (χ0n) is 19.0. The van der Waals surface area contributed by atoms with Gasteiger partial charge in [0.05, 0.1) is 23.7 Å². The molecule has 0 saturated heterocycles. The van der Waals surface area contributed by atoms with E-state index in [1.54, 1.807) is 30.0 Å². The van der Waals surface area contributed by atoms with E-state index >= 15 is 0 Å². The Morgan fingerprint density at radius 1 is 1.03 bits per heavy atom. The molecule has 0 aliphatic carbocycles. The Hall–Kier alpha value is -3.35. The van der Waals surface area contributed by atoms with E-state index in [0.717, 1.165) is 16.6 Å². The smallest absolute Gasteiger partial charge is 0.321 e. The molecule has 0 bridgehead atoms. The summed E-state index contributed by atoms with van der Waals surface area (Å²) in [6.07, 6.45) is 0.609. The summed E-state index contributed by atoms with van der Waals surface area (Å²) in [5, 5.41) is 0.833. The number of imidazole rings is 1. The summed E-state index contributed by atoms with van der Waals surface area (Å²) in [7, 11) is 0. The maximum Gasteiger partial charge on any atom is 0.321 e. The molecule has 0 fully saturated rings. The number of carbonyl (C=O) groups excluding carboxylic acids is 2. The second-order valence-electron chi connectivity index (χ2n) is 8.34. The van der Waals surface area contributed by atoms with Crippen molar-refractivity contribution in [1.82, 2.24) is 9.55 Å². The molecule has 6 nitrogen and oxygen atoms in total. The first kappa shape index (κ1) is 23.4. The van der Waals surface area contributed by atoms with E-state index in [1.165, 1.54) is 0 Å². The molecular weight excluding hydrogens is 485 g/mol. The van der Waals surface area contributed by atoms with E-state index in [2.05, 4.69) is 0 Å². The van der Waals surface area contributed by atoms with Gasteiger partial charge in [-0.3, -0.25) is 14.5 Å². The molecule has 35 heavy (non-hydrogen) atoms. The lowest BCUT2D eigenvalue weighted by atomic mass is 9.89. The number of benzene rings is 3. The number of amides is 1. The van der Waals surface area contributed by atoms with Crippen LogP contribution in [0.5, 0.6) is 0 Å². The van der Waals surface area contributed by atoms with Gasteiger partial charge in [0.25, 0.3) is 0 Å². The van der Waals surface area contributed by atoms with Crippen LogP contribution < -0.4 is 4.90 Å². The van der Waals surface area contributed by atoms with Crippen LogP contribution >= 0.6 is 23.2 Å². The van der Waals surface area contributed by atoms with Crippen molar-refractivity contribution >= 4 is 52.1 Å². The van der Waals surface area contributed by atoms with E-state index in [-0.39, 0.29) is 12.5 Å². The normalized spacial score (nSPS) is 17.5. The summed E-state index contributed by atoms with van der Waals surface area (Å²) < 4.78 is 7.32. The van der Waals surface area contributed by atoms with Crippen LogP contribution in [-0.2, 0) is 20.7 Å². The predicted molar refractivity (Wildman–Crippen MR) is 137 cm³/mol. The van der Waals surface area contributed by atoms with Gasteiger partial charge in [0.1, 0.15) is 0 Å². The number of anilines is 1. The fraction of sp³-hybridized carbons (Fsp3) is 0.222. The third kappa shape index (κ3) is 4.28. The molecule has 1 aromatic heterocycles. The summed E-state index contributed by atoms with van der Waals surface area (Å²) >= 11 is 12.8. The standard InChI is InChI=1S/C27H23Cl2N3O3/c1-2-35-26(34)23-24(19-13-12-18(28)16-20(19)29)32-22-11-7-6-10-21(22)30-27(32)31(25(23)33)15-14-17-8-4-3-5-9-17/h3-13,16,23-24H,2,14-15H2,1H3. The van der Waals surface area contributed by atoms with Crippen LogP contribution in [0.25, 0.3) is 11.0 Å². The number of hydrogen-bond acceptors (Lipinski definition) is 4. The predicted octanol–water partition coefficient (Wildman–Crippen LogP) is 5.70. The van der Waals surface area contributed by atoms with Crippen LogP contribution in [0.3, 0.4) is 0 Å². The molecule has 0 N–H and O–H groups in total. The molecule has 0 radical (unpaired) electrons. The molecule has 5 rings (SSSR count). The Bertz CT molecular complexity index is 1400. The second kappa shape index (κ2) is 9.72. The SMILES string of the molecule is CCOC(=O)C1C(=O)N(CCc2ccccc2)c2nc3ccccc3n2C1c1ccc(Cl)cc1Cl. The van der Waals surface area contributed by atoms with Crippen molar-refractivity contribution < 1.29 is 14.3 Å². The lowest BCUT2D eigenvalue weighted by Gasteiger charge is -2.38. The van der Waals surface area contributed by atoms with Gasteiger partial charge in [-0.1, -0.05) is 71.7 Å². The van der Waals surface area contributed by atoms with Gasteiger partial charge in [-0.25, -0.2) is 4.98 Å². The summed E-state index contributed by atoms with van der Waals surface area (Å²) in [5.74, 6) is -1.61. The van der Waals surface area contributed by atoms with Crippen molar-refractivity contribution in [2.75, 3.05) is 18.1 Å². The topological polar surface area (TPSA) is 64.4 Å². The first-order valence-electron chi connectivity index (χ1n) is 11.4. The molecule has 3 aromatic carbocycles. The minimum atomic E-state index is -1.13. The van der Waals surface area contributed by atoms with Crippen molar-refractivity contribution in [3.8, 4) is 0 Å². The van der Waals surface area contributed by atoms with Crippen LogP contribution in [0.1, 0.15) is 24.1 Å². The molecule has 0 saturated carbocycles. The minimum absolute atomic E-state index is 0.158. The highest BCUT2D eigenvalue weighted by Crippen LogP contribution is 2.43. The van der Waals surface area contributed by atoms with Crippen molar-refractivity contribution in [3.05, 3.63) is 94.0 Å². The highest BCUT2D eigenvalue weighted by molar-refractivity contribution is 6.35. The minimum Gasteiger partial charge on any atom is -0.465 e. The Labute approximate surface area is 213 Å². The van der Waals surface area contributed by atoms with Crippen LogP contribution in [0.4, 0.5) is 5.95 Å². The van der Waals surface area contributed by atoms with Crippen LogP contribution in [0, 0.1) is 5.92 Å². The molecule has 1 aliphatic heterocycles. The number of para-hydroxylation sites is 2. The molecule has 1 aliphatic rings. The van der Waals surface area contributed by atoms with Crippen molar-refractivity contribution in [2.24, 2.45) is 5.92 Å². The quantitative estimate of drug-likeness (QED) is 0.248. The lowest BCUT2D eigenvalue weighted by molar-refractivity contribution is -0.153. The number of carbonyl (C=O) groups is 2. The number of rotatable bonds is 6. The van der Waals surface area contributed by atoms with Gasteiger partial charge in [0.2, 0.25) is 11.9 Å². The second-order valence-corrected chi connectivity index (χ2v) is 9.18. The molecule has 2 atom stereocenters. The average Bonchev–Trinajstić information content (AvgIpc) is 3.23. The van der Waals surface area contributed by atoms with E-state index in [1.807, 2.05) is 59.2 Å². The van der Waals surface area contributed by atoms with Crippen molar-refractivity contribution in [1.29, 1.82) is 0 Å². The molecule has 2 heterocycles. The van der Waals surface area contributed by atoms with E-state index in [0.29, 0.717) is 34.5 Å². The van der Waals surface area contributed by atoms with Crippen LogP contribution in [0.15, 0.2) is 72.8 Å². The molecule has 2 unspecified atom stereocenters. The first-order valence-corrected chi connectivity index (χ1v) is 12.2. The van der Waals surface area contributed by atoms with Gasteiger partial charge in [0, 0.05) is 16.6 Å². The number of hydrogen-bond donors (Lipinski definition) is 0. The van der Waals surface area contributed by atoms with Gasteiger partial charge in [0.15, 0.2) is 5.92 Å². The third-order valence-electron chi connectivity index (χ3n) is 6.23. The Morgan fingerprint density at radius 2 is 1.77 bits per heavy atom. The fourth-order valence-electron chi connectivity index (χ4n) is 4.66. The van der Waals surface area contributed by atoms with E-state index in [4.69, 9.17) is 32.9 Å². The monoisotopic (exact) mass is 507 g/mol. The van der Waals surface area contributed by atoms with Crippen molar-refractivity contribution in [3.63, 3.8) is 0 Å². The largest absolute Gasteiger partial charge is 0.465 e. The summed E-state index contributed by atoms with van der Waals surface area (Å²) in [6.45, 7) is 2.25. The molecule has 8 heteroatoms. The maximum atomic E-state index is 14.0. The van der Waals surface area contributed by atoms with Crippen LogP contribution in [0.2, 0.25) is 10.0 Å². The number of nitrogens with zero attached hydrogens (tertiary/aromatic N) is 3. The highest BCUT2D eigenvalue weighted by atomic mass is 35.5. The third-order valence-corrected chi connectivity index (χ3v) is 6.80. The number of esters is 1. The highest BCUT2D eigenvalue weighted by Gasteiger charge is 2.48. The Balaban J connectivity index is 1.70. The summed E-state index contributed by atoms with van der Waals surface area (Å²) in [5.41, 5.74) is 3.21. The Kier molecular flexibility index (Phi) is 6.50. The summed E-state index contributed by atoms with van der Waals surface area (Å²) in [6, 6.07) is 21.9.